The lowest BCUT2D eigenvalue weighted by molar-refractivity contribution is 0.430. The van der Waals surface area contributed by atoms with E-state index >= 15 is 0 Å². The van der Waals surface area contributed by atoms with Gasteiger partial charge in [-0.3, -0.25) is 0 Å². The van der Waals surface area contributed by atoms with Crippen molar-refractivity contribution < 1.29 is 8.42 Å². The molecule has 0 aromatic rings. The Morgan fingerprint density at radius 2 is 2.00 bits per heavy atom. The van der Waals surface area contributed by atoms with Crippen molar-refractivity contribution in [3.05, 3.63) is 0 Å². The van der Waals surface area contributed by atoms with E-state index in [0.717, 1.165) is 5.92 Å². The number of hydrogen-bond donors (Lipinski definition) is 2. The summed E-state index contributed by atoms with van der Waals surface area (Å²) in [6, 6.07) is 0. The van der Waals surface area contributed by atoms with Crippen LogP contribution in [0.1, 0.15) is 32.6 Å². The van der Waals surface area contributed by atoms with Gasteiger partial charge in [0.2, 0.25) is 10.0 Å². The molecule has 0 aromatic heterocycles. The van der Waals surface area contributed by atoms with Crippen LogP contribution in [0, 0.1) is 11.3 Å². The second-order valence-corrected chi connectivity index (χ2v) is 7.55. The van der Waals surface area contributed by atoms with Crippen molar-refractivity contribution in [3.63, 3.8) is 0 Å². The van der Waals surface area contributed by atoms with E-state index in [2.05, 4.69) is 10.0 Å². The average Bonchev–Trinajstić information content (AvgIpc) is 3.07. The highest BCUT2D eigenvalue weighted by atomic mass is 32.2. The highest BCUT2D eigenvalue weighted by Gasteiger charge is 2.53. The van der Waals surface area contributed by atoms with Gasteiger partial charge >= 0.3 is 0 Å². The standard InChI is InChI=1S/C11H22N2O2S/c1-9(7-12-2)16(14,15)13-8-11(5-6-11)10-3-4-10/h9-10,12-13H,3-8H2,1-2H3. The first-order valence-electron chi connectivity index (χ1n) is 6.13. The van der Waals surface area contributed by atoms with E-state index < -0.39 is 10.0 Å². The third-order valence-corrected chi connectivity index (χ3v) is 5.76. The molecular weight excluding hydrogens is 224 g/mol. The molecule has 2 N–H and O–H groups in total. The molecule has 0 aliphatic heterocycles. The van der Waals surface area contributed by atoms with Crippen LogP contribution in [0.25, 0.3) is 0 Å². The van der Waals surface area contributed by atoms with E-state index in [-0.39, 0.29) is 5.25 Å². The Balaban J connectivity index is 1.84. The first-order valence-corrected chi connectivity index (χ1v) is 7.68. The van der Waals surface area contributed by atoms with Crippen LogP contribution in [0.2, 0.25) is 0 Å². The second kappa shape index (κ2) is 4.27. The van der Waals surface area contributed by atoms with Gasteiger partial charge in [0.05, 0.1) is 5.25 Å². The van der Waals surface area contributed by atoms with E-state index in [1.807, 2.05) is 0 Å². The van der Waals surface area contributed by atoms with Gasteiger partial charge in [0, 0.05) is 13.1 Å². The van der Waals surface area contributed by atoms with E-state index in [9.17, 15) is 8.42 Å². The van der Waals surface area contributed by atoms with Crippen molar-refractivity contribution in [1.29, 1.82) is 0 Å². The van der Waals surface area contributed by atoms with E-state index in [0.29, 0.717) is 18.5 Å². The summed E-state index contributed by atoms with van der Waals surface area (Å²) in [5.41, 5.74) is 0.340. The second-order valence-electron chi connectivity index (χ2n) is 5.37. The van der Waals surface area contributed by atoms with Gasteiger partial charge < -0.3 is 5.32 Å². The van der Waals surface area contributed by atoms with Gasteiger partial charge in [0.1, 0.15) is 0 Å². The Bertz CT molecular complexity index is 345. The van der Waals surface area contributed by atoms with Gasteiger partial charge in [-0.2, -0.15) is 0 Å². The molecule has 94 valence electrons. The molecule has 2 aliphatic carbocycles. The number of nitrogens with one attached hydrogen (secondary N) is 2. The SMILES string of the molecule is CNCC(C)S(=O)(=O)NCC1(C2CC2)CC1. The summed E-state index contributed by atoms with van der Waals surface area (Å²) in [5.74, 6) is 0.801. The fraction of sp³-hybridized carbons (Fsp3) is 1.00. The monoisotopic (exact) mass is 246 g/mol. The van der Waals surface area contributed by atoms with Crippen molar-refractivity contribution in [1.82, 2.24) is 10.0 Å². The van der Waals surface area contributed by atoms with Crippen LogP contribution >= 0.6 is 0 Å². The maximum atomic E-state index is 11.9. The molecular formula is C11H22N2O2S. The van der Waals surface area contributed by atoms with Gasteiger partial charge in [-0.15, -0.1) is 0 Å². The van der Waals surface area contributed by atoms with Gasteiger partial charge in [-0.1, -0.05) is 0 Å². The largest absolute Gasteiger partial charge is 0.318 e. The zero-order valence-electron chi connectivity index (χ0n) is 10.1. The summed E-state index contributed by atoms with van der Waals surface area (Å²) in [6.45, 7) is 2.91. The average molecular weight is 246 g/mol. The smallest absolute Gasteiger partial charge is 0.215 e. The lowest BCUT2D eigenvalue weighted by Crippen LogP contribution is -2.40. The number of sulfonamides is 1. The Kier molecular flexibility index (Phi) is 3.29. The normalized spacial score (nSPS) is 25.4. The summed E-state index contributed by atoms with van der Waals surface area (Å²) >= 11 is 0. The molecule has 1 unspecified atom stereocenters. The molecule has 2 aliphatic rings. The van der Waals surface area contributed by atoms with Crippen LogP contribution in [0.3, 0.4) is 0 Å². The summed E-state index contributed by atoms with van der Waals surface area (Å²) in [5, 5.41) is 2.55. The molecule has 16 heavy (non-hydrogen) atoms. The summed E-state index contributed by atoms with van der Waals surface area (Å²) in [7, 11) is -1.36. The first kappa shape index (κ1) is 12.3. The quantitative estimate of drug-likeness (QED) is 0.695. The van der Waals surface area contributed by atoms with E-state index in [1.54, 1.807) is 14.0 Å². The van der Waals surface area contributed by atoms with Gasteiger partial charge in [-0.25, -0.2) is 13.1 Å². The van der Waals surface area contributed by atoms with E-state index in [4.69, 9.17) is 0 Å². The Labute approximate surface area is 98.2 Å². The highest BCUT2D eigenvalue weighted by Crippen LogP contribution is 2.60. The Hall–Kier alpha value is -0.130. The predicted molar refractivity (Wildman–Crippen MR) is 64.7 cm³/mol. The predicted octanol–water partition coefficient (Wildman–Crippen LogP) is 0.704. The molecule has 2 fully saturated rings. The van der Waals surface area contributed by atoms with Crippen molar-refractivity contribution in [2.75, 3.05) is 20.1 Å². The van der Waals surface area contributed by atoms with Crippen LogP contribution < -0.4 is 10.0 Å². The first-order chi connectivity index (χ1) is 7.50. The van der Waals surface area contributed by atoms with Crippen molar-refractivity contribution in [2.24, 2.45) is 11.3 Å². The molecule has 0 radical (unpaired) electrons. The molecule has 2 rings (SSSR count). The molecule has 0 spiro atoms. The number of hydrogen-bond acceptors (Lipinski definition) is 3. The topological polar surface area (TPSA) is 58.2 Å². The lowest BCUT2D eigenvalue weighted by Gasteiger charge is -2.18. The van der Waals surface area contributed by atoms with Crippen molar-refractivity contribution in [3.8, 4) is 0 Å². The van der Waals surface area contributed by atoms with Crippen molar-refractivity contribution in [2.45, 2.75) is 37.9 Å². The molecule has 2 saturated carbocycles. The minimum Gasteiger partial charge on any atom is -0.318 e. The molecule has 0 bridgehead atoms. The minimum atomic E-state index is -3.13. The van der Waals surface area contributed by atoms with Gasteiger partial charge in [-0.05, 0) is 51.0 Å². The summed E-state index contributed by atoms with van der Waals surface area (Å²) in [6.07, 6.45) is 5.02. The molecule has 0 amide bonds. The van der Waals surface area contributed by atoms with Gasteiger partial charge in [0.25, 0.3) is 0 Å². The molecule has 5 heteroatoms. The third kappa shape index (κ3) is 2.57. The zero-order valence-corrected chi connectivity index (χ0v) is 10.9. The van der Waals surface area contributed by atoms with Crippen LogP contribution in [-0.4, -0.2) is 33.8 Å². The maximum Gasteiger partial charge on any atom is 0.215 e. The van der Waals surface area contributed by atoms with E-state index in [1.165, 1.54) is 25.7 Å². The van der Waals surface area contributed by atoms with Crippen LogP contribution in [0.5, 0.6) is 0 Å². The fourth-order valence-electron chi connectivity index (χ4n) is 2.37. The Morgan fingerprint density at radius 1 is 1.38 bits per heavy atom. The molecule has 1 atom stereocenters. The maximum absolute atomic E-state index is 11.9. The molecule has 0 heterocycles. The molecule has 0 saturated heterocycles. The molecule has 0 aromatic carbocycles. The summed E-state index contributed by atoms with van der Waals surface area (Å²) in [4.78, 5) is 0. The minimum absolute atomic E-state index is 0.340. The molecule has 4 nitrogen and oxygen atoms in total. The number of rotatable bonds is 7. The summed E-state index contributed by atoms with van der Waals surface area (Å²) < 4.78 is 26.6. The van der Waals surface area contributed by atoms with Crippen LogP contribution in [0.4, 0.5) is 0 Å². The van der Waals surface area contributed by atoms with Crippen molar-refractivity contribution >= 4 is 10.0 Å². The lowest BCUT2D eigenvalue weighted by atomic mass is 10.0. The zero-order chi connectivity index (χ0) is 11.8. The van der Waals surface area contributed by atoms with Crippen LogP contribution in [-0.2, 0) is 10.0 Å². The third-order valence-electron chi connectivity index (χ3n) is 3.98. The van der Waals surface area contributed by atoms with Crippen LogP contribution in [0.15, 0.2) is 0 Å². The highest BCUT2D eigenvalue weighted by molar-refractivity contribution is 7.90. The van der Waals surface area contributed by atoms with Gasteiger partial charge in [0.15, 0.2) is 0 Å². The Morgan fingerprint density at radius 3 is 2.44 bits per heavy atom. The fourth-order valence-corrected chi connectivity index (χ4v) is 3.53.